The van der Waals surface area contributed by atoms with Crippen LogP contribution in [0.1, 0.15) is 42.4 Å². The van der Waals surface area contributed by atoms with E-state index in [-0.39, 0.29) is 0 Å². The average Bonchev–Trinajstić information content (AvgIpc) is 3.30. The van der Waals surface area contributed by atoms with Crippen molar-refractivity contribution in [2.24, 2.45) is 5.92 Å². The molecule has 0 saturated heterocycles. The standard InChI is InChI=1S/C25H27N/c1-17-8-9-23(19(3)26-24-14-15-24)16-25(17)22-12-10-21(11-13-22)18(2)20-6-4-5-7-20/h4-5,8-13,16,20,24,26H,2-3,6-7,14-15H2,1H3. The molecule has 1 nitrogen and oxygen atoms in total. The molecule has 4 rings (SSSR count). The predicted molar refractivity (Wildman–Crippen MR) is 113 cm³/mol. The molecule has 2 aromatic rings. The van der Waals surface area contributed by atoms with Crippen molar-refractivity contribution in [3.63, 3.8) is 0 Å². The summed E-state index contributed by atoms with van der Waals surface area (Å²) in [5, 5.41) is 3.51. The molecular formula is C25H27N. The number of benzene rings is 2. The van der Waals surface area contributed by atoms with Gasteiger partial charge < -0.3 is 5.32 Å². The van der Waals surface area contributed by atoms with Gasteiger partial charge in [0.15, 0.2) is 0 Å². The smallest absolute Gasteiger partial charge is 0.0343 e. The molecule has 0 amide bonds. The molecule has 0 heterocycles. The fourth-order valence-electron chi connectivity index (χ4n) is 3.68. The Kier molecular flexibility index (Phi) is 4.55. The minimum Gasteiger partial charge on any atom is -0.382 e. The lowest BCUT2D eigenvalue weighted by atomic mass is 9.90. The van der Waals surface area contributed by atoms with Crippen LogP contribution in [-0.2, 0) is 0 Å². The van der Waals surface area contributed by atoms with Crippen LogP contribution in [0, 0.1) is 12.8 Å². The zero-order valence-electron chi connectivity index (χ0n) is 15.6. The monoisotopic (exact) mass is 341 g/mol. The fraction of sp³-hybridized carbons (Fsp3) is 0.280. The van der Waals surface area contributed by atoms with E-state index in [0.717, 1.165) is 18.5 Å². The number of rotatable bonds is 6. The van der Waals surface area contributed by atoms with E-state index >= 15 is 0 Å². The molecule has 0 aliphatic heterocycles. The molecule has 2 aliphatic rings. The molecule has 0 radical (unpaired) electrons. The van der Waals surface area contributed by atoms with Crippen molar-refractivity contribution >= 4 is 11.3 Å². The van der Waals surface area contributed by atoms with Crippen molar-refractivity contribution in [1.29, 1.82) is 0 Å². The van der Waals surface area contributed by atoms with Crippen molar-refractivity contribution in [2.45, 2.75) is 38.6 Å². The first-order valence-corrected chi connectivity index (χ1v) is 9.63. The van der Waals surface area contributed by atoms with Crippen LogP contribution in [0.25, 0.3) is 22.4 Å². The quantitative estimate of drug-likeness (QED) is 0.602. The zero-order chi connectivity index (χ0) is 18.1. The maximum Gasteiger partial charge on any atom is 0.0343 e. The van der Waals surface area contributed by atoms with E-state index in [9.17, 15) is 0 Å². The zero-order valence-corrected chi connectivity index (χ0v) is 15.6. The van der Waals surface area contributed by atoms with E-state index in [1.54, 1.807) is 0 Å². The number of nitrogens with one attached hydrogen (secondary N) is 1. The molecule has 1 N–H and O–H groups in total. The first-order chi connectivity index (χ1) is 12.6. The first kappa shape index (κ1) is 16.9. The van der Waals surface area contributed by atoms with Gasteiger partial charge in [-0.2, -0.15) is 0 Å². The van der Waals surface area contributed by atoms with Crippen molar-refractivity contribution in [1.82, 2.24) is 5.32 Å². The topological polar surface area (TPSA) is 12.0 Å². The Hall–Kier alpha value is -2.54. The van der Waals surface area contributed by atoms with Crippen molar-refractivity contribution in [3.05, 3.63) is 84.5 Å². The summed E-state index contributed by atoms with van der Waals surface area (Å²) < 4.78 is 0. The van der Waals surface area contributed by atoms with E-state index in [1.807, 2.05) is 0 Å². The van der Waals surface area contributed by atoms with Crippen LogP contribution in [0.2, 0.25) is 0 Å². The SMILES string of the molecule is C=C(NC1CC1)c1ccc(C)c(-c2ccc(C(=C)C3CC=CC3)cc2)c1. The lowest BCUT2D eigenvalue weighted by Gasteiger charge is -2.15. The fourth-order valence-corrected chi connectivity index (χ4v) is 3.68. The number of allylic oxidation sites excluding steroid dienone is 3. The van der Waals surface area contributed by atoms with Crippen LogP contribution in [-0.4, -0.2) is 6.04 Å². The maximum atomic E-state index is 4.34. The van der Waals surface area contributed by atoms with Gasteiger partial charge in [0.05, 0.1) is 0 Å². The lowest BCUT2D eigenvalue weighted by Crippen LogP contribution is -2.13. The molecule has 0 unspecified atom stereocenters. The minimum absolute atomic E-state index is 0.572. The van der Waals surface area contributed by atoms with E-state index in [4.69, 9.17) is 0 Å². The summed E-state index contributed by atoms with van der Waals surface area (Å²) >= 11 is 0. The molecule has 0 bridgehead atoms. The summed E-state index contributed by atoms with van der Waals surface area (Å²) in [6.45, 7) is 10.7. The summed E-state index contributed by atoms with van der Waals surface area (Å²) in [6, 6.07) is 16.2. The van der Waals surface area contributed by atoms with Gasteiger partial charge in [-0.05, 0) is 78.0 Å². The van der Waals surface area contributed by atoms with E-state index < -0.39 is 0 Å². The Balaban J connectivity index is 1.56. The van der Waals surface area contributed by atoms with Gasteiger partial charge >= 0.3 is 0 Å². The molecular weight excluding hydrogens is 314 g/mol. The molecule has 132 valence electrons. The highest BCUT2D eigenvalue weighted by molar-refractivity contribution is 5.75. The number of aryl methyl sites for hydroxylation is 1. The highest BCUT2D eigenvalue weighted by atomic mass is 15.0. The summed E-state index contributed by atoms with van der Waals surface area (Å²) in [4.78, 5) is 0. The van der Waals surface area contributed by atoms with Gasteiger partial charge in [-0.3, -0.25) is 0 Å². The molecule has 1 saturated carbocycles. The normalized spacial score (nSPS) is 16.7. The molecule has 0 spiro atoms. The third kappa shape index (κ3) is 3.53. The Morgan fingerprint density at radius 3 is 2.23 bits per heavy atom. The molecule has 26 heavy (non-hydrogen) atoms. The Bertz CT molecular complexity index is 858. The van der Waals surface area contributed by atoms with E-state index in [0.29, 0.717) is 12.0 Å². The van der Waals surface area contributed by atoms with Gasteiger partial charge in [0.25, 0.3) is 0 Å². The molecule has 2 aliphatic carbocycles. The van der Waals surface area contributed by atoms with Crippen molar-refractivity contribution in [2.75, 3.05) is 0 Å². The lowest BCUT2D eigenvalue weighted by molar-refractivity contribution is 0.739. The van der Waals surface area contributed by atoms with Gasteiger partial charge in [-0.25, -0.2) is 0 Å². The second-order valence-corrected chi connectivity index (χ2v) is 7.67. The predicted octanol–water partition coefficient (Wildman–Crippen LogP) is 6.36. The Labute approximate surface area is 157 Å². The molecule has 1 fully saturated rings. The van der Waals surface area contributed by atoms with Gasteiger partial charge in [0, 0.05) is 11.7 Å². The van der Waals surface area contributed by atoms with Crippen LogP contribution in [0.5, 0.6) is 0 Å². The van der Waals surface area contributed by atoms with Gasteiger partial charge in [0.2, 0.25) is 0 Å². The van der Waals surface area contributed by atoms with Crippen LogP contribution >= 0.6 is 0 Å². The van der Waals surface area contributed by atoms with Crippen LogP contribution < -0.4 is 5.32 Å². The molecule has 0 aromatic heterocycles. The third-order valence-electron chi connectivity index (χ3n) is 5.61. The van der Waals surface area contributed by atoms with Gasteiger partial charge in [-0.15, -0.1) is 0 Å². The minimum atomic E-state index is 0.572. The Morgan fingerprint density at radius 1 is 0.923 bits per heavy atom. The molecule has 2 aromatic carbocycles. The molecule has 1 heteroatoms. The largest absolute Gasteiger partial charge is 0.382 e. The summed E-state index contributed by atoms with van der Waals surface area (Å²) in [7, 11) is 0. The highest BCUT2D eigenvalue weighted by Crippen LogP contribution is 2.33. The van der Waals surface area contributed by atoms with Crippen LogP contribution in [0.15, 0.2) is 67.8 Å². The first-order valence-electron chi connectivity index (χ1n) is 9.63. The van der Waals surface area contributed by atoms with Crippen LogP contribution in [0.3, 0.4) is 0 Å². The third-order valence-corrected chi connectivity index (χ3v) is 5.61. The highest BCUT2D eigenvalue weighted by Gasteiger charge is 2.21. The summed E-state index contributed by atoms with van der Waals surface area (Å²) in [5.74, 6) is 0.572. The Morgan fingerprint density at radius 2 is 1.58 bits per heavy atom. The summed E-state index contributed by atoms with van der Waals surface area (Å²) in [5.41, 5.74) is 8.56. The average molecular weight is 341 g/mol. The maximum absolute atomic E-state index is 4.34. The molecule has 0 atom stereocenters. The second kappa shape index (κ2) is 6.99. The summed E-state index contributed by atoms with van der Waals surface area (Å²) in [6.07, 6.45) is 9.30. The number of hydrogen-bond donors (Lipinski definition) is 1. The second-order valence-electron chi connectivity index (χ2n) is 7.67. The van der Waals surface area contributed by atoms with E-state index in [1.165, 1.54) is 46.2 Å². The van der Waals surface area contributed by atoms with Crippen molar-refractivity contribution in [3.8, 4) is 11.1 Å². The van der Waals surface area contributed by atoms with E-state index in [2.05, 4.69) is 80.0 Å². The van der Waals surface area contributed by atoms with Crippen molar-refractivity contribution < 1.29 is 0 Å². The number of hydrogen-bond acceptors (Lipinski definition) is 1. The van der Waals surface area contributed by atoms with Gasteiger partial charge in [-0.1, -0.05) is 61.7 Å². The van der Waals surface area contributed by atoms with Crippen LogP contribution in [0.4, 0.5) is 0 Å². The van der Waals surface area contributed by atoms with Gasteiger partial charge in [0.1, 0.15) is 0 Å².